The Bertz CT molecular complexity index is 496. The number of nitrogens with zero attached hydrogens (tertiary/aromatic N) is 6. The second-order valence-electron chi connectivity index (χ2n) is 3.86. The molecule has 0 aliphatic carbocycles. The van der Waals surface area contributed by atoms with Gasteiger partial charge in [-0.2, -0.15) is 15.4 Å². The number of nitrogens with two attached hydrogens (primary N) is 1. The minimum atomic E-state index is -0.729. The second kappa shape index (κ2) is 10.3. The van der Waals surface area contributed by atoms with Crippen molar-refractivity contribution < 1.29 is 19.4 Å². The maximum absolute atomic E-state index is 8.91. The van der Waals surface area contributed by atoms with E-state index in [9.17, 15) is 0 Å². The Morgan fingerprint density at radius 3 is 2.68 bits per heavy atom. The SMILES string of the molecule is CCCOC(COc1nc(N)nc(OCCN=[N+]=[N-])n1)NO. The molecule has 12 heteroatoms. The van der Waals surface area contributed by atoms with Crippen LogP contribution in [-0.4, -0.2) is 52.8 Å². The van der Waals surface area contributed by atoms with Gasteiger partial charge in [0, 0.05) is 11.5 Å². The highest BCUT2D eigenvalue weighted by atomic mass is 16.6. The molecule has 0 spiro atoms. The van der Waals surface area contributed by atoms with Gasteiger partial charge in [0.15, 0.2) is 6.23 Å². The van der Waals surface area contributed by atoms with Gasteiger partial charge in [0.1, 0.15) is 6.61 Å². The fourth-order valence-corrected chi connectivity index (χ4v) is 1.24. The van der Waals surface area contributed by atoms with Crippen LogP contribution in [0.5, 0.6) is 12.0 Å². The molecule has 0 fully saturated rings. The Balaban J connectivity index is 2.54. The van der Waals surface area contributed by atoms with Crippen LogP contribution in [0.2, 0.25) is 0 Å². The Morgan fingerprint density at radius 2 is 2.05 bits per heavy atom. The van der Waals surface area contributed by atoms with Gasteiger partial charge in [-0.15, -0.1) is 4.98 Å². The number of rotatable bonds is 11. The number of hydroxylamine groups is 1. The minimum Gasteiger partial charge on any atom is -0.463 e. The van der Waals surface area contributed by atoms with Gasteiger partial charge in [0.05, 0.1) is 13.2 Å². The Hall–Kier alpha value is -2.40. The van der Waals surface area contributed by atoms with Crippen LogP contribution in [0.25, 0.3) is 10.4 Å². The lowest BCUT2D eigenvalue weighted by Gasteiger charge is -2.15. The van der Waals surface area contributed by atoms with Gasteiger partial charge >= 0.3 is 12.0 Å². The smallest absolute Gasteiger partial charge is 0.324 e. The van der Waals surface area contributed by atoms with E-state index in [4.69, 9.17) is 30.7 Å². The van der Waals surface area contributed by atoms with E-state index in [1.54, 1.807) is 0 Å². The second-order valence-corrected chi connectivity index (χ2v) is 3.86. The maximum Gasteiger partial charge on any atom is 0.324 e. The first kappa shape index (κ1) is 17.7. The summed E-state index contributed by atoms with van der Waals surface area (Å²) in [4.78, 5) is 14.0. The third-order valence-corrected chi connectivity index (χ3v) is 2.13. The van der Waals surface area contributed by atoms with Crippen LogP contribution in [0.1, 0.15) is 13.3 Å². The van der Waals surface area contributed by atoms with Crippen LogP contribution >= 0.6 is 0 Å². The highest BCUT2D eigenvalue weighted by Gasteiger charge is 2.11. The fourth-order valence-electron chi connectivity index (χ4n) is 1.24. The summed E-state index contributed by atoms with van der Waals surface area (Å²) in [6, 6.07) is -0.134. The van der Waals surface area contributed by atoms with E-state index in [-0.39, 0.29) is 37.7 Å². The molecule has 0 saturated heterocycles. The van der Waals surface area contributed by atoms with Crippen molar-refractivity contribution in [3.8, 4) is 12.0 Å². The lowest BCUT2D eigenvalue weighted by Crippen LogP contribution is -2.35. The minimum absolute atomic E-state index is 0.0435. The molecule has 1 aromatic heterocycles. The summed E-state index contributed by atoms with van der Waals surface area (Å²) in [5, 5.41) is 12.2. The molecule has 1 heterocycles. The molecule has 0 aliphatic rings. The highest BCUT2D eigenvalue weighted by Crippen LogP contribution is 2.11. The van der Waals surface area contributed by atoms with Gasteiger partial charge < -0.3 is 25.2 Å². The van der Waals surface area contributed by atoms with E-state index in [2.05, 4.69) is 25.0 Å². The van der Waals surface area contributed by atoms with Crippen LogP contribution in [0.3, 0.4) is 0 Å². The molecule has 1 unspecified atom stereocenters. The van der Waals surface area contributed by atoms with Gasteiger partial charge in [0.2, 0.25) is 5.95 Å². The number of hydrogen-bond donors (Lipinski definition) is 3. The summed E-state index contributed by atoms with van der Waals surface area (Å²) >= 11 is 0. The van der Waals surface area contributed by atoms with Crippen molar-refractivity contribution in [3.63, 3.8) is 0 Å². The molecular formula is C10H18N8O4. The predicted molar refractivity (Wildman–Crippen MR) is 74.2 cm³/mol. The number of nitrogen functional groups attached to an aromatic ring is 1. The summed E-state index contributed by atoms with van der Waals surface area (Å²) in [7, 11) is 0. The third-order valence-electron chi connectivity index (χ3n) is 2.13. The molecule has 0 saturated carbocycles. The molecule has 0 radical (unpaired) electrons. The van der Waals surface area contributed by atoms with Crippen LogP contribution in [-0.2, 0) is 4.74 Å². The summed E-state index contributed by atoms with van der Waals surface area (Å²) < 4.78 is 15.6. The quantitative estimate of drug-likeness (QED) is 0.129. The van der Waals surface area contributed by atoms with Gasteiger partial charge in [-0.05, 0) is 12.0 Å². The zero-order valence-corrected chi connectivity index (χ0v) is 12.0. The van der Waals surface area contributed by atoms with Crippen molar-refractivity contribution in [2.24, 2.45) is 5.11 Å². The van der Waals surface area contributed by atoms with E-state index in [0.29, 0.717) is 6.61 Å². The van der Waals surface area contributed by atoms with Crippen molar-refractivity contribution in [1.82, 2.24) is 20.4 Å². The Morgan fingerprint density at radius 1 is 1.32 bits per heavy atom. The molecule has 4 N–H and O–H groups in total. The zero-order valence-electron chi connectivity index (χ0n) is 12.0. The van der Waals surface area contributed by atoms with Gasteiger partial charge in [0.25, 0.3) is 0 Å². The maximum atomic E-state index is 8.91. The average Bonchev–Trinajstić information content (AvgIpc) is 2.51. The summed E-state index contributed by atoms with van der Waals surface area (Å²) in [5.41, 5.74) is 15.6. The van der Waals surface area contributed by atoms with Crippen molar-refractivity contribution in [2.75, 3.05) is 32.1 Å². The molecule has 1 rings (SSSR count). The van der Waals surface area contributed by atoms with Crippen molar-refractivity contribution in [3.05, 3.63) is 10.4 Å². The topological polar surface area (TPSA) is 173 Å². The molecule has 0 aliphatic heterocycles. The van der Waals surface area contributed by atoms with E-state index >= 15 is 0 Å². The van der Waals surface area contributed by atoms with Gasteiger partial charge in [-0.3, -0.25) is 0 Å². The van der Waals surface area contributed by atoms with Gasteiger partial charge in [-0.1, -0.05) is 12.0 Å². The van der Waals surface area contributed by atoms with Crippen molar-refractivity contribution in [2.45, 2.75) is 19.6 Å². The zero-order chi connectivity index (χ0) is 16.2. The van der Waals surface area contributed by atoms with Crippen LogP contribution in [0, 0.1) is 0 Å². The summed E-state index contributed by atoms with van der Waals surface area (Å²) in [6.07, 6.45) is 0.0623. The lowest BCUT2D eigenvalue weighted by molar-refractivity contribution is -0.0728. The predicted octanol–water partition coefficient (Wildman–Crippen LogP) is 0.253. The average molecular weight is 314 g/mol. The number of hydrogen-bond acceptors (Lipinski definition) is 10. The molecule has 0 bridgehead atoms. The molecule has 122 valence electrons. The molecule has 0 aromatic carbocycles. The fraction of sp³-hybridized carbons (Fsp3) is 0.700. The van der Waals surface area contributed by atoms with E-state index in [0.717, 1.165) is 6.42 Å². The number of nitrogens with one attached hydrogen (secondary N) is 1. The number of anilines is 1. The summed E-state index contributed by atoms with van der Waals surface area (Å²) in [6.45, 7) is 2.56. The first-order valence-electron chi connectivity index (χ1n) is 6.48. The molecule has 12 nitrogen and oxygen atoms in total. The lowest BCUT2D eigenvalue weighted by atomic mass is 10.5. The van der Waals surface area contributed by atoms with Crippen LogP contribution in [0.4, 0.5) is 5.95 Å². The van der Waals surface area contributed by atoms with E-state index in [1.165, 1.54) is 0 Å². The van der Waals surface area contributed by atoms with Crippen LogP contribution in [0.15, 0.2) is 5.11 Å². The molecule has 1 atom stereocenters. The van der Waals surface area contributed by atoms with Crippen molar-refractivity contribution >= 4 is 5.95 Å². The molecule has 1 aromatic rings. The van der Waals surface area contributed by atoms with Gasteiger partial charge in [-0.25, -0.2) is 0 Å². The largest absolute Gasteiger partial charge is 0.463 e. The molecule has 22 heavy (non-hydrogen) atoms. The first-order valence-corrected chi connectivity index (χ1v) is 6.48. The molecule has 0 amide bonds. The van der Waals surface area contributed by atoms with Crippen molar-refractivity contribution in [1.29, 1.82) is 0 Å². The number of ether oxygens (including phenoxy) is 3. The Kier molecular flexibility index (Phi) is 8.30. The first-order chi connectivity index (χ1) is 10.7. The summed E-state index contributed by atoms with van der Waals surface area (Å²) in [5.74, 6) is -0.0910. The van der Waals surface area contributed by atoms with E-state index in [1.807, 2.05) is 12.4 Å². The monoisotopic (exact) mass is 314 g/mol. The molecular weight excluding hydrogens is 296 g/mol. The van der Waals surface area contributed by atoms with E-state index < -0.39 is 6.23 Å². The third kappa shape index (κ3) is 6.85. The highest BCUT2D eigenvalue weighted by molar-refractivity contribution is 5.20. The Labute approximate surface area is 126 Å². The van der Waals surface area contributed by atoms with Crippen LogP contribution < -0.4 is 20.7 Å². The normalized spacial score (nSPS) is 11.5. The number of aromatic nitrogens is 3. The number of azide groups is 1. The standard InChI is InChI=1S/C10H18N8O4/c1-2-4-20-7(17-19)6-22-10-15-8(11)14-9(16-10)21-5-3-13-18-12/h7,17,19H,2-6H2,1H3,(H2,11,14,15,16).